The van der Waals surface area contributed by atoms with Crippen LogP contribution in [0.5, 0.6) is 0 Å². The van der Waals surface area contributed by atoms with Gasteiger partial charge in [0, 0.05) is 20.2 Å². The first-order valence-corrected chi connectivity index (χ1v) is 7.91. The normalized spacial score (nSPS) is 21.7. The molecular formula is C11H19N3O4S. The van der Waals surface area contributed by atoms with Crippen LogP contribution in [-0.4, -0.2) is 55.4 Å². The van der Waals surface area contributed by atoms with Gasteiger partial charge in [-0.05, 0) is 19.8 Å². The number of methoxy groups -OCH3 is 1. The Labute approximate surface area is 113 Å². The molecule has 2 rings (SSSR count). The van der Waals surface area contributed by atoms with E-state index in [0.717, 1.165) is 12.8 Å². The van der Waals surface area contributed by atoms with Crippen LogP contribution in [0.3, 0.4) is 0 Å². The van der Waals surface area contributed by atoms with Crippen molar-refractivity contribution < 1.29 is 17.7 Å². The molecule has 0 radical (unpaired) electrons. The first-order valence-electron chi connectivity index (χ1n) is 6.30. The van der Waals surface area contributed by atoms with Crippen LogP contribution in [0.4, 0.5) is 0 Å². The second-order valence-electron chi connectivity index (χ2n) is 4.69. The second kappa shape index (κ2) is 5.98. The SMILES string of the molecule is COCCS(=O)(=O)N1CCC[C@@H](c2nc(C)no2)C1. The van der Waals surface area contributed by atoms with Crippen molar-refractivity contribution in [2.75, 3.05) is 32.6 Å². The zero-order valence-electron chi connectivity index (χ0n) is 11.2. The molecule has 108 valence electrons. The van der Waals surface area contributed by atoms with E-state index in [0.29, 0.717) is 24.8 Å². The van der Waals surface area contributed by atoms with Crippen molar-refractivity contribution in [1.82, 2.24) is 14.4 Å². The lowest BCUT2D eigenvalue weighted by Gasteiger charge is -2.30. The van der Waals surface area contributed by atoms with E-state index in [1.165, 1.54) is 11.4 Å². The highest BCUT2D eigenvalue weighted by molar-refractivity contribution is 7.89. The van der Waals surface area contributed by atoms with Crippen LogP contribution in [0.15, 0.2) is 4.52 Å². The van der Waals surface area contributed by atoms with Gasteiger partial charge in [0.25, 0.3) is 0 Å². The Morgan fingerprint density at radius 3 is 2.95 bits per heavy atom. The number of hydrogen-bond acceptors (Lipinski definition) is 6. The summed E-state index contributed by atoms with van der Waals surface area (Å²) < 4.78 is 35.7. The summed E-state index contributed by atoms with van der Waals surface area (Å²) in [6.07, 6.45) is 1.68. The van der Waals surface area contributed by atoms with Crippen molar-refractivity contribution in [3.05, 3.63) is 11.7 Å². The lowest BCUT2D eigenvalue weighted by Crippen LogP contribution is -2.41. The van der Waals surface area contributed by atoms with Gasteiger partial charge >= 0.3 is 0 Å². The van der Waals surface area contributed by atoms with Gasteiger partial charge in [0.1, 0.15) is 0 Å². The molecule has 0 aromatic carbocycles. The molecule has 0 bridgehead atoms. The number of piperidine rings is 1. The minimum Gasteiger partial charge on any atom is -0.384 e. The maximum atomic E-state index is 12.1. The molecule has 2 heterocycles. The van der Waals surface area contributed by atoms with Gasteiger partial charge in [0.15, 0.2) is 5.82 Å². The highest BCUT2D eigenvalue weighted by Gasteiger charge is 2.31. The smallest absolute Gasteiger partial charge is 0.231 e. The van der Waals surface area contributed by atoms with Crippen molar-refractivity contribution in [1.29, 1.82) is 0 Å². The summed E-state index contributed by atoms with van der Waals surface area (Å²) in [4.78, 5) is 4.19. The average molecular weight is 289 g/mol. The molecule has 8 heteroatoms. The second-order valence-corrected chi connectivity index (χ2v) is 6.77. The molecule has 0 spiro atoms. The van der Waals surface area contributed by atoms with Gasteiger partial charge in [0.2, 0.25) is 15.9 Å². The Hall–Kier alpha value is -0.990. The minimum atomic E-state index is -3.26. The summed E-state index contributed by atoms with van der Waals surface area (Å²) in [5.41, 5.74) is 0. The van der Waals surface area contributed by atoms with Crippen LogP contribution in [0.25, 0.3) is 0 Å². The van der Waals surface area contributed by atoms with Crippen LogP contribution in [0, 0.1) is 6.92 Å². The van der Waals surface area contributed by atoms with E-state index < -0.39 is 10.0 Å². The third-order valence-corrected chi connectivity index (χ3v) is 5.02. The van der Waals surface area contributed by atoms with Crippen molar-refractivity contribution >= 4 is 10.0 Å². The molecule has 0 aliphatic carbocycles. The van der Waals surface area contributed by atoms with Gasteiger partial charge in [-0.15, -0.1) is 0 Å². The lowest BCUT2D eigenvalue weighted by atomic mass is 10.00. The molecule has 1 fully saturated rings. The summed E-state index contributed by atoms with van der Waals surface area (Å²) in [6.45, 7) is 2.93. The minimum absolute atomic E-state index is 0.00716. The first kappa shape index (κ1) is 14.4. The Bertz CT molecular complexity index is 514. The third-order valence-electron chi connectivity index (χ3n) is 3.22. The number of aromatic nitrogens is 2. The van der Waals surface area contributed by atoms with Crippen molar-refractivity contribution in [3.8, 4) is 0 Å². The third kappa shape index (κ3) is 3.52. The number of hydrogen-bond donors (Lipinski definition) is 0. The van der Waals surface area contributed by atoms with Gasteiger partial charge in [-0.3, -0.25) is 0 Å². The first-order chi connectivity index (χ1) is 9.03. The van der Waals surface area contributed by atoms with Gasteiger partial charge < -0.3 is 9.26 Å². The Morgan fingerprint density at radius 2 is 2.32 bits per heavy atom. The lowest BCUT2D eigenvalue weighted by molar-refractivity contribution is 0.213. The molecule has 1 saturated heterocycles. The van der Waals surface area contributed by atoms with Gasteiger partial charge in [-0.1, -0.05) is 5.16 Å². The number of nitrogens with zero attached hydrogens (tertiary/aromatic N) is 3. The molecule has 19 heavy (non-hydrogen) atoms. The highest BCUT2D eigenvalue weighted by Crippen LogP contribution is 2.27. The summed E-state index contributed by atoms with van der Waals surface area (Å²) in [6, 6.07) is 0. The van der Waals surface area contributed by atoms with E-state index in [-0.39, 0.29) is 18.3 Å². The molecule has 1 aliphatic rings. The number of aryl methyl sites for hydroxylation is 1. The number of sulfonamides is 1. The fourth-order valence-corrected chi connectivity index (χ4v) is 3.64. The van der Waals surface area contributed by atoms with Gasteiger partial charge in [-0.25, -0.2) is 12.7 Å². The maximum absolute atomic E-state index is 12.1. The highest BCUT2D eigenvalue weighted by atomic mass is 32.2. The molecule has 1 aromatic heterocycles. The van der Waals surface area contributed by atoms with Gasteiger partial charge in [0.05, 0.1) is 18.3 Å². The van der Waals surface area contributed by atoms with E-state index in [2.05, 4.69) is 10.1 Å². The Kier molecular flexibility index (Phi) is 4.54. The molecular weight excluding hydrogens is 270 g/mol. The topological polar surface area (TPSA) is 85.5 Å². The predicted octanol–water partition coefficient (Wildman–Crippen LogP) is 0.534. The molecule has 1 atom stereocenters. The molecule has 0 amide bonds. The van der Waals surface area contributed by atoms with Crippen LogP contribution < -0.4 is 0 Å². The van der Waals surface area contributed by atoms with E-state index >= 15 is 0 Å². The fraction of sp³-hybridized carbons (Fsp3) is 0.818. The monoisotopic (exact) mass is 289 g/mol. The van der Waals surface area contributed by atoms with E-state index in [9.17, 15) is 8.42 Å². The van der Waals surface area contributed by atoms with Crippen molar-refractivity contribution in [2.45, 2.75) is 25.7 Å². The number of rotatable bonds is 5. The molecule has 0 saturated carbocycles. The average Bonchev–Trinajstić information content (AvgIpc) is 2.83. The van der Waals surface area contributed by atoms with Crippen molar-refractivity contribution in [3.63, 3.8) is 0 Å². The van der Waals surface area contributed by atoms with E-state index in [4.69, 9.17) is 9.26 Å². The van der Waals surface area contributed by atoms with Crippen LogP contribution >= 0.6 is 0 Å². The number of ether oxygens (including phenoxy) is 1. The maximum Gasteiger partial charge on any atom is 0.231 e. The molecule has 7 nitrogen and oxygen atoms in total. The molecule has 0 N–H and O–H groups in total. The fourth-order valence-electron chi connectivity index (χ4n) is 2.19. The predicted molar refractivity (Wildman–Crippen MR) is 68.2 cm³/mol. The summed E-state index contributed by atoms with van der Waals surface area (Å²) in [5.74, 6) is 1.12. The Balaban J connectivity index is 2.05. The zero-order valence-corrected chi connectivity index (χ0v) is 12.0. The van der Waals surface area contributed by atoms with E-state index in [1.54, 1.807) is 6.92 Å². The molecule has 1 aliphatic heterocycles. The quantitative estimate of drug-likeness (QED) is 0.786. The Morgan fingerprint density at radius 1 is 1.53 bits per heavy atom. The molecule has 1 aromatic rings. The largest absolute Gasteiger partial charge is 0.384 e. The summed E-state index contributed by atoms with van der Waals surface area (Å²) >= 11 is 0. The van der Waals surface area contributed by atoms with Gasteiger partial charge in [-0.2, -0.15) is 4.98 Å². The van der Waals surface area contributed by atoms with Crippen LogP contribution in [-0.2, 0) is 14.8 Å². The summed E-state index contributed by atoms with van der Waals surface area (Å²) in [7, 11) is -1.77. The summed E-state index contributed by atoms with van der Waals surface area (Å²) in [5, 5.41) is 3.75. The zero-order chi connectivity index (χ0) is 13.9. The van der Waals surface area contributed by atoms with Crippen LogP contribution in [0.1, 0.15) is 30.5 Å². The van der Waals surface area contributed by atoms with Crippen molar-refractivity contribution in [2.24, 2.45) is 0 Å². The van der Waals surface area contributed by atoms with E-state index in [1.807, 2.05) is 0 Å². The standard InChI is InChI=1S/C11H19N3O4S/c1-9-12-11(18-13-9)10-4-3-5-14(8-10)19(15,16)7-6-17-2/h10H,3-8H2,1-2H3/t10-/m1/s1. The molecule has 0 unspecified atom stereocenters. The van der Waals surface area contributed by atoms with Crippen LogP contribution in [0.2, 0.25) is 0 Å².